The van der Waals surface area contributed by atoms with E-state index in [1.54, 1.807) is 0 Å². The molecule has 0 aromatic carbocycles. The molecule has 0 spiro atoms. The second-order valence-electron chi connectivity index (χ2n) is 1.39. The zero-order valence-corrected chi connectivity index (χ0v) is 5.31. The summed E-state index contributed by atoms with van der Waals surface area (Å²) in [4.78, 5) is 3.92. The van der Waals surface area contributed by atoms with Crippen molar-refractivity contribution in [3.63, 3.8) is 0 Å². The van der Waals surface area contributed by atoms with Crippen molar-refractivity contribution in [2.75, 3.05) is 6.54 Å². The molecule has 0 bridgehead atoms. The minimum absolute atomic E-state index is 0.646. The molecule has 0 unspecified atom stereocenters. The maximum Gasteiger partial charge on any atom is 0.120 e. The molecule has 0 aliphatic rings. The van der Waals surface area contributed by atoms with Gasteiger partial charge in [0.25, 0.3) is 0 Å². The summed E-state index contributed by atoms with van der Waals surface area (Å²) >= 11 is 0. The minimum atomic E-state index is 0.646. The number of hydrogen-bond acceptors (Lipinski definition) is 2. The summed E-state index contributed by atoms with van der Waals surface area (Å²) in [6, 6.07) is 0. The van der Waals surface area contributed by atoms with E-state index in [1.807, 2.05) is 19.3 Å². The molecule has 0 heterocycles. The van der Waals surface area contributed by atoms with E-state index in [-0.39, 0.29) is 0 Å². The second-order valence-corrected chi connectivity index (χ2v) is 1.39. The van der Waals surface area contributed by atoms with Crippen LogP contribution in [0.25, 0.3) is 0 Å². The van der Waals surface area contributed by atoms with Crippen LogP contribution >= 0.6 is 0 Å². The molecular weight excluding hydrogens is 104 g/mol. The molecule has 0 fully saturated rings. The molecule has 0 aliphatic heterocycles. The average Bonchev–Trinajstić information content (AvgIpc) is 1.83. The maximum atomic E-state index is 8.28. The molecule has 0 saturated carbocycles. The van der Waals surface area contributed by atoms with Gasteiger partial charge in [-0.25, -0.2) is 0 Å². The van der Waals surface area contributed by atoms with Crippen LogP contribution in [-0.2, 0) is 0 Å². The third-order valence-electron chi connectivity index (χ3n) is 0.813. The number of nitrogens with zero attached hydrogens (tertiary/aromatic N) is 1. The second kappa shape index (κ2) is 4.59. The minimum Gasteiger partial charge on any atom is -0.290 e. The predicted octanol–water partition coefficient (Wildman–Crippen LogP) is 0.794. The fourth-order valence-electron chi connectivity index (χ4n) is 0.417. The van der Waals surface area contributed by atoms with Gasteiger partial charge in [-0.15, -0.1) is 0 Å². The number of hydrogen-bond donors (Lipinski definition) is 2. The Morgan fingerprint density at radius 3 is 2.38 bits per heavy atom. The lowest BCUT2D eigenvalue weighted by Crippen LogP contribution is -2.17. The summed E-state index contributed by atoms with van der Waals surface area (Å²) < 4.78 is 0. The lowest BCUT2D eigenvalue weighted by molar-refractivity contribution is 0.231. The monoisotopic (exact) mass is 116 g/mol. The molecule has 0 aliphatic carbocycles. The molecule has 0 saturated heterocycles. The molecule has 0 amide bonds. The third kappa shape index (κ3) is 2.58. The smallest absolute Gasteiger partial charge is 0.120 e. The highest BCUT2D eigenvalue weighted by molar-refractivity contribution is 5.80. The van der Waals surface area contributed by atoms with E-state index in [1.165, 1.54) is 0 Å². The first kappa shape index (κ1) is 7.43. The van der Waals surface area contributed by atoms with Crippen LogP contribution < -0.4 is 5.48 Å². The fraction of sp³-hybridized carbons (Fsp3) is 0.800. The highest BCUT2D eigenvalue weighted by Gasteiger charge is 1.86. The van der Waals surface area contributed by atoms with Crippen molar-refractivity contribution in [2.24, 2.45) is 4.99 Å². The van der Waals surface area contributed by atoms with Crippen molar-refractivity contribution in [3.8, 4) is 0 Å². The lowest BCUT2D eigenvalue weighted by atomic mass is 10.4. The standard InChI is InChI=1S/C5H12N2O/c1-3-5(7-8)6-4-2/h8H,3-4H2,1-2H3,(H,6,7). The molecule has 3 nitrogen and oxygen atoms in total. The topological polar surface area (TPSA) is 44.6 Å². The Hall–Kier alpha value is -0.570. The molecule has 0 aromatic heterocycles. The van der Waals surface area contributed by atoms with Crippen LogP contribution in [-0.4, -0.2) is 17.6 Å². The number of amidine groups is 1. The largest absolute Gasteiger partial charge is 0.290 e. The van der Waals surface area contributed by atoms with E-state index in [9.17, 15) is 0 Å². The van der Waals surface area contributed by atoms with Crippen molar-refractivity contribution in [3.05, 3.63) is 0 Å². The normalized spacial score (nSPS) is 11.6. The molecule has 48 valence electrons. The van der Waals surface area contributed by atoms with Gasteiger partial charge >= 0.3 is 0 Å². The third-order valence-corrected chi connectivity index (χ3v) is 0.813. The van der Waals surface area contributed by atoms with Gasteiger partial charge in [-0.1, -0.05) is 6.92 Å². The van der Waals surface area contributed by atoms with Crippen LogP contribution in [0.5, 0.6) is 0 Å². The van der Waals surface area contributed by atoms with Gasteiger partial charge in [0.2, 0.25) is 0 Å². The predicted molar refractivity (Wildman–Crippen MR) is 33.2 cm³/mol. The number of rotatable bonds is 2. The van der Waals surface area contributed by atoms with E-state index in [0.717, 1.165) is 13.0 Å². The maximum absolute atomic E-state index is 8.28. The molecule has 3 heteroatoms. The Morgan fingerprint density at radius 2 is 2.25 bits per heavy atom. The van der Waals surface area contributed by atoms with E-state index in [4.69, 9.17) is 5.21 Å². The van der Waals surface area contributed by atoms with Crippen LogP contribution in [0.1, 0.15) is 20.3 Å². The molecule has 2 N–H and O–H groups in total. The van der Waals surface area contributed by atoms with Crippen molar-refractivity contribution >= 4 is 5.84 Å². The molecule has 0 rings (SSSR count). The summed E-state index contributed by atoms with van der Waals surface area (Å²) in [5.41, 5.74) is 2.00. The first-order valence-corrected chi connectivity index (χ1v) is 2.78. The highest BCUT2D eigenvalue weighted by atomic mass is 16.5. The molecule has 0 aromatic rings. The van der Waals surface area contributed by atoms with E-state index >= 15 is 0 Å². The van der Waals surface area contributed by atoms with Crippen molar-refractivity contribution in [1.29, 1.82) is 0 Å². The SMILES string of the molecule is CCN=C(CC)NO. The van der Waals surface area contributed by atoms with Gasteiger partial charge in [-0.2, -0.15) is 0 Å². The molecule has 0 radical (unpaired) electrons. The summed E-state index contributed by atoms with van der Waals surface area (Å²) in [6.45, 7) is 4.57. The number of aliphatic imine (C=N–C) groups is 1. The zero-order chi connectivity index (χ0) is 6.41. The van der Waals surface area contributed by atoms with Gasteiger partial charge in [0, 0.05) is 13.0 Å². The zero-order valence-electron chi connectivity index (χ0n) is 5.31. The first-order chi connectivity index (χ1) is 3.85. The summed E-state index contributed by atoms with van der Waals surface area (Å²) in [7, 11) is 0. The summed E-state index contributed by atoms with van der Waals surface area (Å²) in [5.74, 6) is 0.646. The first-order valence-electron chi connectivity index (χ1n) is 2.78. The van der Waals surface area contributed by atoms with Crippen LogP contribution in [0.15, 0.2) is 4.99 Å². The highest BCUT2D eigenvalue weighted by Crippen LogP contribution is 1.78. The van der Waals surface area contributed by atoms with Gasteiger partial charge in [0.15, 0.2) is 0 Å². The van der Waals surface area contributed by atoms with Crippen molar-refractivity contribution in [2.45, 2.75) is 20.3 Å². The fourth-order valence-corrected chi connectivity index (χ4v) is 0.417. The van der Waals surface area contributed by atoms with E-state index in [0.29, 0.717) is 5.84 Å². The molecule has 8 heavy (non-hydrogen) atoms. The Labute approximate surface area is 49.4 Å². The van der Waals surface area contributed by atoms with Gasteiger partial charge in [-0.3, -0.25) is 15.7 Å². The molecular formula is C5H12N2O. The Morgan fingerprint density at radius 1 is 1.62 bits per heavy atom. The van der Waals surface area contributed by atoms with Gasteiger partial charge in [-0.05, 0) is 6.92 Å². The quantitative estimate of drug-likeness (QED) is 0.318. The van der Waals surface area contributed by atoms with Crippen LogP contribution in [0.4, 0.5) is 0 Å². The Balaban J connectivity index is 3.49. The summed E-state index contributed by atoms with van der Waals surface area (Å²) in [6.07, 6.45) is 0.754. The van der Waals surface area contributed by atoms with Crippen molar-refractivity contribution in [1.82, 2.24) is 5.48 Å². The average molecular weight is 116 g/mol. The lowest BCUT2D eigenvalue weighted by Gasteiger charge is -1.96. The van der Waals surface area contributed by atoms with E-state index in [2.05, 4.69) is 4.99 Å². The van der Waals surface area contributed by atoms with Crippen LogP contribution in [0.2, 0.25) is 0 Å². The van der Waals surface area contributed by atoms with Crippen LogP contribution in [0.3, 0.4) is 0 Å². The Kier molecular flexibility index (Phi) is 4.26. The van der Waals surface area contributed by atoms with Gasteiger partial charge in [0.05, 0.1) is 0 Å². The van der Waals surface area contributed by atoms with Crippen molar-refractivity contribution < 1.29 is 5.21 Å². The van der Waals surface area contributed by atoms with Gasteiger partial charge < -0.3 is 0 Å². The number of nitrogens with one attached hydrogen (secondary N) is 1. The van der Waals surface area contributed by atoms with E-state index < -0.39 is 0 Å². The Bertz CT molecular complexity index is 74.5. The van der Waals surface area contributed by atoms with Crippen LogP contribution in [0, 0.1) is 0 Å². The van der Waals surface area contributed by atoms with Gasteiger partial charge in [0.1, 0.15) is 5.84 Å². The summed E-state index contributed by atoms with van der Waals surface area (Å²) in [5, 5.41) is 8.28. The molecule has 0 atom stereocenters. The number of hydroxylamine groups is 1.